The summed E-state index contributed by atoms with van der Waals surface area (Å²) in [6.07, 6.45) is 9.61. The van der Waals surface area contributed by atoms with E-state index in [-0.39, 0.29) is 47.8 Å². The van der Waals surface area contributed by atoms with Crippen LogP contribution in [-0.4, -0.2) is 90.6 Å². The molecule has 48 heavy (non-hydrogen) atoms. The average molecular weight is 692 g/mol. The lowest BCUT2D eigenvalue weighted by atomic mass is 9.83. The topological polar surface area (TPSA) is 171 Å². The van der Waals surface area contributed by atoms with Crippen LogP contribution < -0.4 is 21.3 Å². The molecule has 4 aliphatic rings. The van der Waals surface area contributed by atoms with Crippen LogP contribution in [0.5, 0.6) is 0 Å². The predicted octanol–water partition coefficient (Wildman–Crippen LogP) is 3.01. The van der Waals surface area contributed by atoms with E-state index in [1.54, 1.807) is 11.0 Å². The standard InChI is InChI=1S/C35H57N5O7S/c1-7-8-18-25(29(41)31(43)36-19-20-48(46,47)23-16-12-13-17-23)37-30(42)28-26-24(35(26,5)6)21-40(28)32(44)27(22-14-10-9-11-15-22)38-33(45)39-34(2,3)4/h7,22-28H,1,8-21H2,2-6H3,(H,36,43)(H,37,42)(H2,38,39,45)/t24-,25?,26-,27-,28-/m0/s1. The van der Waals surface area contributed by atoms with Gasteiger partial charge in [0, 0.05) is 18.6 Å². The Kier molecular flexibility index (Phi) is 12.1. The van der Waals surface area contributed by atoms with E-state index in [0.29, 0.717) is 25.8 Å². The molecule has 3 aliphatic carbocycles. The summed E-state index contributed by atoms with van der Waals surface area (Å²) in [5, 5.41) is 10.7. The summed E-state index contributed by atoms with van der Waals surface area (Å²) in [6, 6.07) is -3.28. The van der Waals surface area contributed by atoms with Gasteiger partial charge in [0.2, 0.25) is 17.6 Å². The number of fused-ring (bicyclic) bond motifs is 1. The van der Waals surface area contributed by atoms with Crippen LogP contribution in [0.15, 0.2) is 12.7 Å². The first-order valence-corrected chi connectivity index (χ1v) is 19.5. The highest BCUT2D eigenvalue weighted by atomic mass is 32.2. The predicted molar refractivity (Wildman–Crippen MR) is 183 cm³/mol. The fourth-order valence-electron chi connectivity index (χ4n) is 8.14. The zero-order valence-corrected chi connectivity index (χ0v) is 30.3. The Labute approximate surface area is 286 Å². The summed E-state index contributed by atoms with van der Waals surface area (Å²) in [5.74, 6) is -3.00. The van der Waals surface area contributed by atoms with Crippen molar-refractivity contribution in [3.8, 4) is 0 Å². The van der Waals surface area contributed by atoms with E-state index in [1.807, 2.05) is 20.8 Å². The lowest BCUT2D eigenvalue weighted by Crippen LogP contribution is -2.61. The van der Waals surface area contributed by atoms with Crippen LogP contribution in [0.3, 0.4) is 0 Å². The maximum Gasteiger partial charge on any atom is 0.315 e. The fraction of sp³-hybridized carbons (Fsp3) is 0.800. The van der Waals surface area contributed by atoms with Crippen LogP contribution in [0.1, 0.15) is 105 Å². The van der Waals surface area contributed by atoms with E-state index in [9.17, 15) is 32.4 Å². The second-order valence-corrected chi connectivity index (χ2v) is 18.3. The van der Waals surface area contributed by atoms with Gasteiger partial charge in [-0.05, 0) is 82.5 Å². The van der Waals surface area contributed by atoms with Gasteiger partial charge < -0.3 is 26.2 Å². The van der Waals surface area contributed by atoms with Crippen molar-refractivity contribution in [1.82, 2.24) is 26.2 Å². The first kappa shape index (κ1) is 37.9. The van der Waals surface area contributed by atoms with Crippen LogP contribution in [-0.2, 0) is 29.0 Å². The Morgan fingerprint density at radius 2 is 1.58 bits per heavy atom. The SMILES string of the molecule is C=CCCC(NC(=O)[C@@H]1[C@@H]2[C@H](CN1C(=O)[C@@H](NC(=O)NC(C)(C)C)C1CCCCC1)C2(C)C)C(=O)C(=O)NCCS(=O)(=O)C1CCCC1. The molecular weight excluding hydrogens is 634 g/mol. The van der Waals surface area contributed by atoms with Gasteiger partial charge in [-0.2, -0.15) is 0 Å². The number of likely N-dealkylation sites (tertiary alicyclic amines) is 1. The van der Waals surface area contributed by atoms with E-state index in [1.165, 1.54) is 0 Å². The van der Waals surface area contributed by atoms with Crippen molar-refractivity contribution in [3.63, 3.8) is 0 Å². The Balaban J connectivity index is 1.48. The number of nitrogens with zero attached hydrogens (tertiary/aromatic N) is 1. The lowest BCUT2D eigenvalue weighted by molar-refractivity contribution is -0.144. The van der Waals surface area contributed by atoms with Crippen molar-refractivity contribution < 1.29 is 32.4 Å². The molecule has 0 spiro atoms. The summed E-state index contributed by atoms with van der Waals surface area (Å²) < 4.78 is 25.3. The molecule has 4 N–H and O–H groups in total. The summed E-state index contributed by atoms with van der Waals surface area (Å²) in [5.41, 5.74) is -0.700. The molecule has 4 rings (SSSR count). The number of hydrogen-bond acceptors (Lipinski definition) is 7. The number of Topliss-reactive ketones (excluding diaryl/α,β-unsaturated/α-hetero) is 1. The van der Waals surface area contributed by atoms with Gasteiger partial charge in [0.05, 0.1) is 17.0 Å². The summed E-state index contributed by atoms with van der Waals surface area (Å²) in [4.78, 5) is 69.3. The smallest absolute Gasteiger partial charge is 0.315 e. The minimum Gasteiger partial charge on any atom is -0.348 e. The maximum absolute atomic E-state index is 14.3. The van der Waals surface area contributed by atoms with E-state index in [4.69, 9.17) is 0 Å². The van der Waals surface area contributed by atoms with Crippen LogP contribution in [0.2, 0.25) is 0 Å². The highest BCUT2D eigenvalue weighted by Gasteiger charge is 2.69. The second kappa shape index (κ2) is 15.3. The van der Waals surface area contributed by atoms with Crippen molar-refractivity contribution in [3.05, 3.63) is 12.7 Å². The van der Waals surface area contributed by atoms with Crippen LogP contribution >= 0.6 is 0 Å². The molecule has 0 radical (unpaired) electrons. The number of rotatable bonds is 14. The van der Waals surface area contributed by atoms with Gasteiger partial charge in [-0.15, -0.1) is 6.58 Å². The third-order valence-corrected chi connectivity index (χ3v) is 13.2. The van der Waals surface area contributed by atoms with Crippen LogP contribution in [0, 0.1) is 23.2 Å². The fourth-order valence-corrected chi connectivity index (χ4v) is 9.91. The molecular formula is C35H57N5O7S. The Morgan fingerprint density at radius 3 is 2.19 bits per heavy atom. The largest absolute Gasteiger partial charge is 0.348 e. The molecule has 0 aromatic carbocycles. The van der Waals surface area contributed by atoms with Crippen molar-refractivity contribution in [2.24, 2.45) is 23.2 Å². The van der Waals surface area contributed by atoms with Crippen LogP contribution in [0.4, 0.5) is 4.79 Å². The Hall–Kier alpha value is -2.96. The van der Waals surface area contributed by atoms with E-state index >= 15 is 0 Å². The molecule has 1 saturated heterocycles. The van der Waals surface area contributed by atoms with Gasteiger partial charge >= 0.3 is 6.03 Å². The number of piperidine rings is 1. The zero-order valence-electron chi connectivity index (χ0n) is 29.4. The summed E-state index contributed by atoms with van der Waals surface area (Å²) in [7, 11) is -3.38. The molecule has 0 aromatic heterocycles. The van der Waals surface area contributed by atoms with Gasteiger partial charge in [0.25, 0.3) is 5.91 Å². The maximum atomic E-state index is 14.3. The molecule has 1 unspecified atom stereocenters. The highest BCUT2D eigenvalue weighted by Crippen LogP contribution is 2.65. The molecule has 4 fully saturated rings. The van der Waals surface area contributed by atoms with Gasteiger partial charge in [-0.1, -0.05) is 52.0 Å². The van der Waals surface area contributed by atoms with E-state index < -0.39 is 62.4 Å². The molecule has 0 aromatic rings. The zero-order chi connectivity index (χ0) is 35.4. The number of amides is 5. The molecule has 13 heteroatoms. The summed E-state index contributed by atoms with van der Waals surface area (Å²) in [6.45, 7) is 13.6. The number of nitrogens with one attached hydrogen (secondary N) is 4. The van der Waals surface area contributed by atoms with Gasteiger partial charge in [0.15, 0.2) is 9.84 Å². The second-order valence-electron chi connectivity index (χ2n) is 15.9. The Bertz CT molecular complexity index is 1340. The van der Waals surface area contributed by atoms with E-state index in [2.05, 4.69) is 41.7 Å². The van der Waals surface area contributed by atoms with Crippen molar-refractivity contribution in [1.29, 1.82) is 0 Å². The first-order valence-electron chi connectivity index (χ1n) is 17.8. The lowest BCUT2D eigenvalue weighted by Gasteiger charge is -2.37. The van der Waals surface area contributed by atoms with Gasteiger partial charge in [0.1, 0.15) is 12.1 Å². The third-order valence-electron chi connectivity index (χ3n) is 10.9. The highest BCUT2D eigenvalue weighted by molar-refractivity contribution is 7.92. The monoisotopic (exact) mass is 691 g/mol. The summed E-state index contributed by atoms with van der Waals surface area (Å²) >= 11 is 0. The van der Waals surface area contributed by atoms with Crippen molar-refractivity contribution in [2.75, 3.05) is 18.8 Å². The van der Waals surface area contributed by atoms with Gasteiger partial charge in [-0.3, -0.25) is 19.2 Å². The molecule has 0 bridgehead atoms. The molecule has 5 amide bonds. The number of sulfone groups is 1. The average Bonchev–Trinajstić information content (AvgIpc) is 3.48. The van der Waals surface area contributed by atoms with Crippen molar-refractivity contribution >= 4 is 39.4 Å². The molecule has 270 valence electrons. The van der Waals surface area contributed by atoms with Crippen LogP contribution in [0.25, 0.3) is 0 Å². The minimum absolute atomic E-state index is 0.0614. The number of ketones is 1. The quantitative estimate of drug-likeness (QED) is 0.160. The van der Waals surface area contributed by atoms with Gasteiger partial charge in [-0.25, -0.2) is 13.2 Å². The number of carbonyl (C=O) groups excluding carboxylic acids is 5. The number of allylic oxidation sites excluding steroid dienone is 1. The number of carbonyl (C=O) groups is 5. The number of urea groups is 1. The minimum atomic E-state index is -3.38. The normalized spacial score (nSPS) is 25.4. The Morgan fingerprint density at radius 1 is 0.958 bits per heavy atom. The third kappa shape index (κ3) is 8.98. The molecule has 1 heterocycles. The molecule has 5 atom stereocenters. The molecule has 12 nitrogen and oxygen atoms in total. The van der Waals surface area contributed by atoms with Crippen molar-refractivity contribution in [2.45, 2.75) is 134 Å². The number of hydrogen-bond donors (Lipinski definition) is 4. The molecule has 1 aliphatic heterocycles. The van der Waals surface area contributed by atoms with E-state index in [0.717, 1.165) is 44.9 Å². The molecule has 3 saturated carbocycles. The first-order chi connectivity index (χ1) is 22.5.